The average molecular weight is 206 g/mol. The van der Waals surface area contributed by atoms with Crippen LogP contribution in [-0.4, -0.2) is 21.0 Å². The van der Waals surface area contributed by atoms with Gasteiger partial charge < -0.3 is 5.11 Å². The highest BCUT2D eigenvalue weighted by Crippen LogP contribution is 2.24. The van der Waals surface area contributed by atoms with Crippen molar-refractivity contribution in [1.29, 1.82) is 0 Å². The molecule has 0 amide bonds. The van der Waals surface area contributed by atoms with Crippen LogP contribution in [0.15, 0.2) is 29.9 Å². The fraction of sp³-hybridized carbons (Fsp3) is 0. The second-order valence-corrected chi connectivity index (χ2v) is 3.48. The normalized spacial score (nSPS) is 10.0. The molecule has 0 aliphatic rings. The van der Waals surface area contributed by atoms with E-state index < -0.39 is 5.97 Å². The SMILES string of the molecule is O=C(O)c1nccnc1-c1cccs1. The summed E-state index contributed by atoms with van der Waals surface area (Å²) in [5.74, 6) is -1.05. The Morgan fingerprint density at radius 3 is 2.79 bits per heavy atom. The number of carboxylic acids is 1. The molecule has 0 spiro atoms. The van der Waals surface area contributed by atoms with Crippen molar-refractivity contribution in [3.63, 3.8) is 0 Å². The van der Waals surface area contributed by atoms with E-state index in [4.69, 9.17) is 5.11 Å². The molecule has 70 valence electrons. The van der Waals surface area contributed by atoms with E-state index >= 15 is 0 Å². The second kappa shape index (κ2) is 3.55. The van der Waals surface area contributed by atoms with E-state index in [0.717, 1.165) is 4.88 Å². The van der Waals surface area contributed by atoms with Crippen LogP contribution in [-0.2, 0) is 0 Å². The third-order valence-electron chi connectivity index (χ3n) is 1.66. The van der Waals surface area contributed by atoms with Crippen LogP contribution in [0.4, 0.5) is 0 Å². The summed E-state index contributed by atoms with van der Waals surface area (Å²) in [7, 11) is 0. The molecule has 2 heterocycles. The molecule has 0 aliphatic carbocycles. The van der Waals surface area contributed by atoms with E-state index in [2.05, 4.69) is 9.97 Å². The summed E-state index contributed by atoms with van der Waals surface area (Å²) >= 11 is 1.44. The number of aromatic nitrogens is 2. The van der Waals surface area contributed by atoms with Crippen LogP contribution in [0.3, 0.4) is 0 Å². The van der Waals surface area contributed by atoms with Crippen molar-refractivity contribution < 1.29 is 9.90 Å². The van der Waals surface area contributed by atoms with Crippen molar-refractivity contribution in [2.24, 2.45) is 0 Å². The second-order valence-electron chi connectivity index (χ2n) is 2.54. The lowest BCUT2D eigenvalue weighted by atomic mass is 10.2. The zero-order chi connectivity index (χ0) is 9.97. The van der Waals surface area contributed by atoms with Crippen molar-refractivity contribution in [2.75, 3.05) is 0 Å². The molecule has 2 rings (SSSR count). The van der Waals surface area contributed by atoms with Gasteiger partial charge in [0.25, 0.3) is 0 Å². The summed E-state index contributed by atoms with van der Waals surface area (Å²) < 4.78 is 0. The Balaban J connectivity index is 2.58. The first-order chi connectivity index (χ1) is 6.79. The molecular weight excluding hydrogens is 200 g/mol. The van der Waals surface area contributed by atoms with Crippen molar-refractivity contribution in [1.82, 2.24) is 9.97 Å². The van der Waals surface area contributed by atoms with Gasteiger partial charge in [0.05, 0.1) is 4.88 Å². The third kappa shape index (κ3) is 1.49. The number of hydrogen-bond acceptors (Lipinski definition) is 4. The van der Waals surface area contributed by atoms with Crippen LogP contribution in [0, 0.1) is 0 Å². The van der Waals surface area contributed by atoms with Gasteiger partial charge in [-0.15, -0.1) is 11.3 Å². The summed E-state index contributed by atoms with van der Waals surface area (Å²) in [6, 6.07) is 3.67. The largest absolute Gasteiger partial charge is 0.476 e. The molecule has 0 saturated carbocycles. The summed E-state index contributed by atoms with van der Waals surface area (Å²) in [5, 5.41) is 10.7. The van der Waals surface area contributed by atoms with Gasteiger partial charge >= 0.3 is 5.97 Å². The van der Waals surface area contributed by atoms with Gasteiger partial charge in [0, 0.05) is 12.4 Å². The van der Waals surface area contributed by atoms with Crippen LogP contribution in [0.1, 0.15) is 10.5 Å². The van der Waals surface area contributed by atoms with Crippen molar-refractivity contribution in [3.05, 3.63) is 35.6 Å². The minimum Gasteiger partial charge on any atom is -0.476 e. The van der Waals surface area contributed by atoms with Crippen molar-refractivity contribution in [3.8, 4) is 10.6 Å². The Hall–Kier alpha value is -1.75. The van der Waals surface area contributed by atoms with Gasteiger partial charge in [-0.05, 0) is 11.4 Å². The third-order valence-corrected chi connectivity index (χ3v) is 2.53. The molecule has 0 aliphatic heterocycles. The Bertz CT molecular complexity index is 454. The Labute approximate surface area is 83.9 Å². The van der Waals surface area contributed by atoms with Crippen LogP contribution in [0.25, 0.3) is 10.6 Å². The molecule has 0 saturated heterocycles. The van der Waals surface area contributed by atoms with E-state index in [-0.39, 0.29) is 5.69 Å². The fourth-order valence-electron chi connectivity index (χ4n) is 1.09. The quantitative estimate of drug-likeness (QED) is 0.815. The van der Waals surface area contributed by atoms with Crippen molar-refractivity contribution >= 4 is 17.3 Å². The summed E-state index contributed by atoms with van der Waals surface area (Å²) in [5.41, 5.74) is 0.421. The predicted molar refractivity (Wildman–Crippen MR) is 52.3 cm³/mol. The van der Waals surface area contributed by atoms with Crippen LogP contribution < -0.4 is 0 Å². The zero-order valence-corrected chi connectivity index (χ0v) is 7.86. The summed E-state index contributed by atoms with van der Waals surface area (Å²) in [6.07, 6.45) is 2.86. The smallest absolute Gasteiger partial charge is 0.356 e. The van der Waals surface area contributed by atoms with Gasteiger partial charge in [0.2, 0.25) is 0 Å². The molecule has 0 unspecified atom stereocenters. The Morgan fingerprint density at radius 1 is 1.36 bits per heavy atom. The van der Waals surface area contributed by atoms with E-state index in [9.17, 15) is 4.79 Å². The molecule has 0 aromatic carbocycles. The zero-order valence-electron chi connectivity index (χ0n) is 7.04. The standard InChI is InChI=1S/C9H6N2O2S/c12-9(13)8-7(10-3-4-11-8)6-2-1-5-14-6/h1-5H,(H,12,13). The Kier molecular flexibility index (Phi) is 2.24. The topological polar surface area (TPSA) is 63.1 Å². The molecule has 0 radical (unpaired) electrons. The number of thiophene rings is 1. The van der Waals surface area contributed by atoms with Gasteiger partial charge in [0.15, 0.2) is 5.69 Å². The van der Waals surface area contributed by atoms with E-state index in [0.29, 0.717) is 5.69 Å². The maximum atomic E-state index is 10.8. The van der Waals surface area contributed by atoms with Crippen LogP contribution in [0.5, 0.6) is 0 Å². The number of rotatable bonds is 2. The minimum absolute atomic E-state index is 0.00468. The molecule has 0 bridgehead atoms. The molecule has 1 N–H and O–H groups in total. The minimum atomic E-state index is -1.05. The van der Waals surface area contributed by atoms with Gasteiger partial charge in [-0.2, -0.15) is 0 Å². The highest BCUT2D eigenvalue weighted by Gasteiger charge is 2.14. The highest BCUT2D eigenvalue weighted by atomic mass is 32.1. The van der Waals surface area contributed by atoms with E-state index in [1.54, 1.807) is 0 Å². The number of aromatic carboxylic acids is 1. The number of carbonyl (C=O) groups is 1. The van der Waals surface area contributed by atoms with Gasteiger partial charge in [-0.3, -0.25) is 4.98 Å². The van der Waals surface area contributed by atoms with Crippen molar-refractivity contribution in [2.45, 2.75) is 0 Å². The predicted octanol–water partition coefficient (Wildman–Crippen LogP) is 1.90. The van der Waals surface area contributed by atoms with E-state index in [1.165, 1.54) is 23.7 Å². The van der Waals surface area contributed by atoms with Crippen LogP contribution >= 0.6 is 11.3 Å². The molecule has 5 heteroatoms. The first kappa shape index (κ1) is 8.83. The molecule has 0 fully saturated rings. The lowest BCUT2D eigenvalue weighted by molar-refractivity contribution is 0.0691. The maximum Gasteiger partial charge on any atom is 0.356 e. The lowest BCUT2D eigenvalue weighted by Gasteiger charge is -1.99. The first-order valence-electron chi connectivity index (χ1n) is 3.87. The molecule has 0 atom stereocenters. The highest BCUT2D eigenvalue weighted by molar-refractivity contribution is 7.13. The molecule has 4 nitrogen and oxygen atoms in total. The lowest BCUT2D eigenvalue weighted by Crippen LogP contribution is -2.03. The molecular formula is C9H6N2O2S. The van der Waals surface area contributed by atoms with Gasteiger partial charge in [-0.25, -0.2) is 9.78 Å². The number of hydrogen-bond donors (Lipinski definition) is 1. The number of nitrogens with zero attached hydrogens (tertiary/aromatic N) is 2. The monoisotopic (exact) mass is 206 g/mol. The summed E-state index contributed by atoms with van der Waals surface area (Å²) in [4.78, 5) is 19.4. The molecule has 14 heavy (non-hydrogen) atoms. The number of carboxylic acid groups (broad SMARTS) is 1. The van der Waals surface area contributed by atoms with Crippen LogP contribution in [0.2, 0.25) is 0 Å². The Morgan fingerprint density at radius 2 is 2.14 bits per heavy atom. The first-order valence-corrected chi connectivity index (χ1v) is 4.75. The van der Waals surface area contributed by atoms with Gasteiger partial charge in [0.1, 0.15) is 5.69 Å². The summed E-state index contributed by atoms with van der Waals surface area (Å²) in [6.45, 7) is 0. The molecule has 2 aromatic rings. The fourth-order valence-corrected chi connectivity index (χ4v) is 1.81. The maximum absolute atomic E-state index is 10.8. The average Bonchev–Trinajstić information content (AvgIpc) is 2.70. The molecule has 2 aromatic heterocycles. The van der Waals surface area contributed by atoms with Gasteiger partial charge in [-0.1, -0.05) is 6.07 Å². The van der Waals surface area contributed by atoms with E-state index in [1.807, 2.05) is 17.5 Å².